The van der Waals surface area contributed by atoms with Gasteiger partial charge in [0.25, 0.3) is 5.91 Å². The van der Waals surface area contributed by atoms with E-state index in [2.05, 4.69) is 28.1 Å². The van der Waals surface area contributed by atoms with E-state index in [4.69, 9.17) is 28.9 Å². The van der Waals surface area contributed by atoms with Gasteiger partial charge in [0.2, 0.25) is 0 Å². The summed E-state index contributed by atoms with van der Waals surface area (Å²) in [6.07, 6.45) is 1.54. The Kier molecular flexibility index (Phi) is 5.84. The molecule has 1 aromatic rings. The van der Waals surface area contributed by atoms with Gasteiger partial charge in [0.1, 0.15) is 0 Å². The van der Waals surface area contributed by atoms with E-state index in [0.717, 1.165) is 5.56 Å². The van der Waals surface area contributed by atoms with Gasteiger partial charge in [-0.25, -0.2) is 0 Å². The van der Waals surface area contributed by atoms with Crippen LogP contribution >= 0.6 is 35.4 Å². The highest BCUT2D eigenvalue weighted by atomic mass is 35.5. The van der Waals surface area contributed by atoms with Gasteiger partial charge < -0.3 is 11.1 Å². The number of alkyl halides is 2. The van der Waals surface area contributed by atoms with Gasteiger partial charge in [-0.1, -0.05) is 35.3 Å². The zero-order chi connectivity index (χ0) is 13.5. The molecule has 0 heterocycles. The Morgan fingerprint density at radius 3 is 2.50 bits per heavy atom. The van der Waals surface area contributed by atoms with Crippen LogP contribution in [0.5, 0.6) is 0 Å². The Labute approximate surface area is 119 Å². The molecule has 0 fully saturated rings. The monoisotopic (exact) mass is 304 g/mol. The molecule has 0 saturated heterocycles. The van der Waals surface area contributed by atoms with Crippen molar-refractivity contribution in [2.24, 2.45) is 10.8 Å². The molecule has 18 heavy (non-hydrogen) atoms. The van der Waals surface area contributed by atoms with Gasteiger partial charge >= 0.3 is 0 Å². The highest BCUT2D eigenvalue weighted by Crippen LogP contribution is 2.11. The van der Waals surface area contributed by atoms with E-state index in [9.17, 15) is 4.79 Å². The minimum atomic E-state index is -1.10. The molecule has 0 unspecified atom stereocenters. The number of amides is 1. The summed E-state index contributed by atoms with van der Waals surface area (Å²) in [5, 5.41) is 6.42. The number of nitrogens with zero attached hydrogens (tertiary/aromatic N) is 1. The van der Waals surface area contributed by atoms with Crippen molar-refractivity contribution < 1.29 is 4.79 Å². The molecule has 0 aliphatic heterocycles. The van der Waals surface area contributed by atoms with Crippen molar-refractivity contribution in [3.63, 3.8) is 0 Å². The lowest BCUT2D eigenvalue weighted by atomic mass is 10.2. The fourth-order valence-corrected chi connectivity index (χ4v) is 1.18. The van der Waals surface area contributed by atoms with Crippen molar-refractivity contribution in [2.75, 3.05) is 5.32 Å². The number of nitrogens with one attached hydrogen (secondary N) is 2. The average molecular weight is 305 g/mol. The molecule has 0 aromatic heterocycles. The second-order valence-corrected chi connectivity index (χ2v) is 4.68. The van der Waals surface area contributed by atoms with Gasteiger partial charge in [-0.05, 0) is 29.9 Å². The van der Waals surface area contributed by atoms with Crippen molar-refractivity contribution in [3.05, 3.63) is 29.8 Å². The number of hydrazone groups is 1. The first-order chi connectivity index (χ1) is 8.49. The van der Waals surface area contributed by atoms with Crippen molar-refractivity contribution in [3.8, 4) is 0 Å². The summed E-state index contributed by atoms with van der Waals surface area (Å²) < 4.78 is 0. The molecule has 0 aliphatic rings. The second kappa shape index (κ2) is 7.15. The molecule has 0 bridgehead atoms. The molecule has 0 aliphatic carbocycles. The van der Waals surface area contributed by atoms with E-state index < -0.39 is 10.7 Å². The molecule has 0 atom stereocenters. The molecular weight excluding hydrogens is 295 g/mol. The third kappa shape index (κ3) is 5.31. The highest BCUT2D eigenvalue weighted by Gasteiger charge is 2.10. The number of thiocarbonyl (C=S) groups is 1. The smallest absolute Gasteiger partial charge is 0.257 e. The van der Waals surface area contributed by atoms with Crippen LogP contribution in [0.15, 0.2) is 29.4 Å². The summed E-state index contributed by atoms with van der Waals surface area (Å²) in [6, 6.07) is 6.88. The molecule has 4 N–H and O–H groups in total. The van der Waals surface area contributed by atoms with Gasteiger partial charge in [0.15, 0.2) is 9.95 Å². The molecule has 1 rings (SSSR count). The number of hydrogen-bond donors (Lipinski definition) is 3. The Morgan fingerprint density at radius 2 is 2.00 bits per heavy atom. The predicted octanol–water partition coefficient (Wildman–Crippen LogP) is 1.60. The van der Waals surface area contributed by atoms with Crippen LogP contribution in [0.2, 0.25) is 0 Å². The van der Waals surface area contributed by atoms with E-state index >= 15 is 0 Å². The summed E-state index contributed by atoms with van der Waals surface area (Å²) in [5.41, 5.74) is 9.03. The molecule has 8 heteroatoms. The van der Waals surface area contributed by atoms with Gasteiger partial charge in [-0.15, -0.1) is 0 Å². The number of halogens is 2. The summed E-state index contributed by atoms with van der Waals surface area (Å²) >= 11 is 15.4. The quantitative estimate of drug-likeness (QED) is 0.342. The maximum absolute atomic E-state index is 11.2. The lowest BCUT2D eigenvalue weighted by molar-refractivity contribution is -0.114. The SMILES string of the molecule is NC(=S)N/N=C/c1ccc(NC(=O)C(Cl)Cl)cc1. The maximum Gasteiger partial charge on any atom is 0.257 e. The van der Waals surface area contributed by atoms with Crippen LogP contribution in [0.3, 0.4) is 0 Å². The molecule has 5 nitrogen and oxygen atoms in total. The van der Waals surface area contributed by atoms with Crippen LogP contribution in [0, 0.1) is 0 Å². The topological polar surface area (TPSA) is 79.5 Å². The fraction of sp³-hybridized carbons (Fsp3) is 0.100. The summed E-state index contributed by atoms with van der Waals surface area (Å²) in [4.78, 5) is 10.1. The normalized spacial score (nSPS) is 10.6. The second-order valence-electron chi connectivity index (χ2n) is 3.15. The first-order valence-corrected chi connectivity index (χ1v) is 6.05. The molecule has 0 spiro atoms. The molecule has 1 amide bonds. The van der Waals surface area contributed by atoms with Crippen molar-refractivity contribution in [1.29, 1.82) is 0 Å². The Morgan fingerprint density at radius 1 is 1.39 bits per heavy atom. The number of nitrogens with two attached hydrogens (primary N) is 1. The maximum atomic E-state index is 11.2. The number of benzene rings is 1. The van der Waals surface area contributed by atoms with E-state index in [0.29, 0.717) is 5.69 Å². The van der Waals surface area contributed by atoms with E-state index in [1.807, 2.05) is 0 Å². The van der Waals surface area contributed by atoms with Gasteiger partial charge in [0, 0.05) is 5.69 Å². The van der Waals surface area contributed by atoms with Crippen LogP contribution < -0.4 is 16.5 Å². The minimum Gasteiger partial charge on any atom is -0.375 e. The van der Waals surface area contributed by atoms with E-state index in [-0.39, 0.29) is 5.11 Å². The lowest BCUT2D eigenvalue weighted by Gasteiger charge is -2.05. The third-order valence-corrected chi connectivity index (χ3v) is 2.25. The van der Waals surface area contributed by atoms with Crippen molar-refractivity contribution >= 4 is 58.3 Å². The zero-order valence-corrected chi connectivity index (χ0v) is 11.4. The molecule has 0 saturated carbocycles. The van der Waals surface area contributed by atoms with Crippen molar-refractivity contribution in [1.82, 2.24) is 5.43 Å². The summed E-state index contributed by atoms with van der Waals surface area (Å²) in [7, 11) is 0. The Hall–Kier alpha value is -1.37. The first-order valence-electron chi connectivity index (χ1n) is 4.76. The average Bonchev–Trinajstić information content (AvgIpc) is 2.30. The van der Waals surface area contributed by atoms with Gasteiger partial charge in [0.05, 0.1) is 6.21 Å². The Bertz CT molecular complexity index is 461. The van der Waals surface area contributed by atoms with Gasteiger partial charge in [-0.2, -0.15) is 5.10 Å². The molecule has 96 valence electrons. The zero-order valence-electron chi connectivity index (χ0n) is 9.06. The first kappa shape index (κ1) is 14.7. The molecular formula is C10H10Cl2N4OS. The van der Waals surface area contributed by atoms with Crippen LogP contribution in [-0.4, -0.2) is 22.1 Å². The third-order valence-electron chi connectivity index (χ3n) is 1.76. The van der Waals surface area contributed by atoms with Crippen LogP contribution in [-0.2, 0) is 4.79 Å². The minimum absolute atomic E-state index is 0.0883. The predicted molar refractivity (Wildman–Crippen MR) is 78.1 cm³/mol. The van der Waals surface area contributed by atoms with E-state index in [1.165, 1.54) is 6.21 Å². The number of rotatable bonds is 4. The van der Waals surface area contributed by atoms with Crippen LogP contribution in [0.25, 0.3) is 0 Å². The number of carbonyl (C=O) groups is 1. The van der Waals surface area contributed by atoms with Gasteiger partial charge in [-0.3, -0.25) is 10.2 Å². The number of carbonyl (C=O) groups excluding carboxylic acids is 1. The van der Waals surface area contributed by atoms with Crippen molar-refractivity contribution in [2.45, 2.75) is 4.84 Å². The van der Waals surface area contributed by atoms with Crippen LogP contribution in [0.1, 0.15) is 5.56 Å². The summed E-state index contributed by atoms with van der Waals surface area (Å²) in [6.45, 7) is 0. The fourth-order valence-electron chi connectivity index (χ4n) is 1.02. The van der Waals surface area contributed by atoms with E-state index in [1.54, 1.807) is 24.3 Å². The molecule has 0 radical (unpaired) electrons. The van der Waals surface area contributed by atoms with Crippen LogP contribution in [0.4, 0.5) is 5.69 Å². The molecule has 1 aromatic carbocycles. The highest BCUT2D eigenvalue weighted by molar-refractivity contribution is 7.80. The lowest BCUT2D eigenvalue weighted by Crippen LogP contribution is -2.23. The Balaban J connectivity index is 2.60. The standard InChI is InChI=1S/C10H10Cl2N4OS/c11-8(12)9(17)15-7-3-1-6(2-4-7)5-14-16-10(13)18/h1-5,8H,(H,15,17)(H3,13,16,18)/b14-5+. The largest absolute Gasteiger partial charge is 0.375 e. The number of hydrogen-bond acceptors (Lipinski definition) is 3. The number of anilines is 1. The summed E-state index contributed by atoms with van der Waals surface area (Å²) in [5.74, 6) is -0.477.